The Balaban J connectivity index is 2.14. The van der Waals surface area contributed by atoms with Gasteiger partial charge in [0, 0.05) is 18.9 Å². The second kappa shape index (κ2) is 9.07. The molecule has 1 aromatic rings. The van der Waals surface area contributed by atoms with Crippen LogP contribution in [0.4, 0.5) is 0 Å². The van der Waals surface area contributed by atoms with Crippen LogP contribution in [0.25, 0.3) is 0 Å². The van der Waals surface area contributed by atoms with Crippen molar-refractivity contribution in [2.45, 2.75) is 57.8 Å². The van der Waals surface area contributed by atoms with E-state index in [0.717, 1.165) is 10.6 Å². The van der Waals surface area contributed by atoms with Gasteiger partial charge < -0.3 is 9.47 Å². The van der Waals surface area contributed by atoms with Crippen molar-refractivity contribution in [3.8, 4) is 0 Å². The van der Waals surface area contributed by atoms with Gasteiger partial charge >= 0.3 is 11.9 Å². The van der Waals surface area contributed by atoms with E-state index in [1.807, 2.05) is 12.1 Å². The number of ether oxygens (including phenoxy) is 2. The van der Waals surface area contributed by atoms with E-state index in [4.69, 9.17) is 21.1 Å². The third kappa shape index (κ3) is 5.52. The predicted octanol–water partition coefficient (Wildman–Crippen LogP) is 4.60. The van der Waals surface area contributed by atoms with Gasteiger partial charge in [-0.3, -0.25) is 9.59 Å². The molecule has 0 heterocycles. The summed E-state index contributed by atoms with van der Waals surface area (Å²) in [5.41, 5.74) is 2.11. The van der Waals surface area contributed by atoms with Crippen LogP contribution in [0.15, 0.2) is 18.2 Å². The van der Waals surface area contributed by atoms with E-state index >= 15 is 0 Å². The van der Waals surface area contributed by atoms with Gasteiger partial charge in [-0.1, -0.05) is 43.0 Å². The summed E-state index contributed by atoms with van der Waals surface area (Å²) in [6, 6.07) is 6.00. The molecule has 1 fully saturated rings. The number of esters is 2. The zero-order chi connectivity index (χ0) is 17.5. The molecule has 0 amide bonds. The minimum Gasteiger partial charge on any atom is -0.465 e. The molecule has 0 spiro atoms. The Morgan fingerprint density at radius 2 is 1.67 bits per heavy atom. The monoisotopic (exact) mass is 352 g/mol. The second-order valence-electron chi connectivity index (χ2n) is 6.42. The summed E-state index contributed by atoms with van der Waals surface area (Å²) in [7, 11) is 0. The van der Waals surface area contributed by atoms with Crippen molar-refractivity contribution >= 4 is 23.5 Å². The van der Waals surface area contributed by atoms with Crippen molar-refractivity contribution in [2.24, 2.45) is 0 Å². The van der Waals surface area contributed by atoms with Crippen molar-refractivity contribution in [1.82, 2.24) is 0 Å². The van der Waals surface area contributed by atoms with Gasteiger partial charge in [0.05, 0.1) is 5.92 Å². The van der Waals surface area contributed by atoms with Gasteiger partial charge in [0.15, 0.2) is 0 Å². The zero-order valence-electron chi connectivity index (χ0n) is 14.3. The van der Waals surface area contributed by atoms with Gasteiger partial charge in [0.1, 0.15) is 13.2 Å². The van der Waals surface area contributed by atoms with Crippen molar-refractivity contribution in [1.29, 1.82) is 0 Å². The summed E-state index contributed by atoms with van der Waals surface area (Å²) in [4.78, 5) is 22.2. The maximum absolute atomic E-state index is 11.1. The lowest BCUT2D eigenvalue weighted by Crippen LogP contribution is -2.18. The van der Waals surface area contributed by atoms with Crippen LogP contribution in [0.1, 0.15) is 68.9 Å². The van der Waals surface area contributed by atoms with Crippen LogP contribution in [0.2, 0.25) is 5.02 Å². The number of benzene rings is 1. The van der Waals surface area contributed by atoms with Crippen LogP contribution < -0.4 is 0 Å². The molecule has 4 nitrogen and oxygen atoms in total. The van der Waals surface area contributed by atoms with Gasteiger partial charge in [0.2, 0.25) is 0 Å². The fourth-order valence-electron chi connectivity index (χ4n) is 3.22. The molecule has 5 heteroatoms. The van der Waals surface area contributed by atoms with E-state index in [1.54, 1.807) is 0 Å². The highest BCUT2D eigenvalue weighted by Gasteiger charge is 2.21. The van der Waals surface area contributed by atoms with Crippen LogP contribution in [-0.2, 0) is 19.1 Å². The maximum atomic E-state index is 11.1. The number of carbonyl (C=O) groups excluding carboxylic acids is 2. The lowest BCUT2D eigenvalue weighted by molar-refractivity contribution is -0.144. The molecular weight excluding hydrogens is 328 g/mol. The van der Waals surface area contributed by atoms with Crippen molar-refractivity contribution < 1.29 is 19.1 Å². The lowest BCUT2D eigenvalue weighted by atomic mass is 9.83. The first-order valence-corrected chi connectivity index (χ1v) is 8.91. The fourth-order valence-corrected chi connectivity index (χ4v) is 3.56. The number of rotatable bonds is 6. The standard InChI is InChI=1S/C19H25ClO4/c1-13(21)23-11-17(12-24-14(2)22)16-8-9-18(19(20)10-16)15-6-4-3-5-7-15/h8-10,15,17H,3-7,11-12H2,1-2H3. The molecule has 0 atom stereocenters. The lowest BCUT2D eigenvalue weighted by Gasteiger charge is -2.24. The average Bonchev–Trinajstić information content (AvgIpc) is 2.55. The topological polar surface area (TPSA) is 52.6 Å². The van der Waals surface area contributed by atoms with Crippen LogP contribution in [0.5, 0.6) is 0 Å². The Bertz CT molecular complexity index is 561. The van der Waals surface area contributed by atoms with Gasteiger partial charge in [-0.2, -0.15) is 0 Å². The summed E-state index contributed by atoms with van der Waals surface area (Å²) < 4.78 is 10.2. The molecule has 0 N–H and O–H groups in total. The van der Waals surface area contributed by atoms with Crippen molar-refractivity contribution in [3.05, 3.63) is 34.3 Å². The third-order valence-electron chi connectivity index (χ3n) is 4.52. The minimum absolute atomic E-state index is 0.168. The molecule has 0 saturated heterocycles. The molecule has 0 aromatic heterocycles. The normalized spacial score (nSPS) is 15.3. The molecule has 1 aliphatic carbocycles. The third-order valence-corrected chi connectivity index (χ3v) is 4.84. The molecule has 132 valence electrons. The van der Waals surface area contributed by atoms with E-state index < -0.39 is 0 Å². The Morgan fingerprint density at radius 3 is 2.17 bits per heavy atom. The predicted molar refractivity (Wildman–Crippen MR) is 93.3 cm³/mol. The highest BCUT2D eigenvalue weighted by molar-refractivity contribution is 6.31. The maximum Gasteiger partial charge on any atom is 0.302 e. The molecule has 24 heavy (non-hydrogen) atoms. The van der Waals surface area contributed by atoms with Crippen LogP contribution in [0.3, 0.4) is 0 Å². The first-order chi connectivity index (χ1) is 11.5. The highest BCUT2D eigenvalue weighted by atomic mass is 35.5. The smallest absolute Gasteiger partial charge is 0.302 e. The largest absolute Gasteiger partial charge is 0.465 e. The number of hydrogen-bond acceptors (Lipinski definition) is 4. The fraction of sp³-hybridized carbons (Fsp3) is 0.579. The Hall–Kier alpha value is -1.55. The minimum atomic E-state index is -0.354. The molecule has 2 rings (SSSR count). The van der Waals surface area contributed by atoms with Gasteiger partial charge in [0.25, 0.3) is 0 Å². The van der Waals surface area contributed by atoms with E-state index in [2.05, 4.69) is 6.07 Å². The molecule has 0 bridgehead atoms. The highest BCUT2D eigenvalue weighted by Crippen LogP contribution is 2.37. The second-order valence-corrected chi connectivity index (χ2v) is 6.83. The summed E-state index contributed by atoms with van der Waals surface area (Å²) >= 11 is 6.52. The van der Waals surface area contributed by atoms with Crippen molar-refractivity contribution in [2.75, 3.05) is 13.2 Å². The van der Waals surface area contributed by atoms with Crippen LogP contribution >= 0.6 is 11.6 Å². The molecule has 0 unspecified atom stereocenters. The summed E-state index contributed by atoms with van der Waals surface area (Å²) in [6.07, 6.45) is 6.18. The van der Waals surface area contributed by atoms with Gasteiger partial charge in [-0.15, -0.1) is 0 Å². The number of carbonyl (C=O) groups is 2. The van der Waals surface area contributed by atoms with Gasteiger partial charge in [-0.05, 0) is 36.0 Å². The quantitative estimate of drug-likeness (QED) is 0.702. The molecule has 1 saturated carbocycles. The molecule has 0 aliphatic heterocycles. The molecule has 1 aliphatic rings. The Morgan fingerprint density at radius 1 is 1.08 bits per heavy atom. The first-order valence-electron chi connectivity index (χ1n) is 8.53. The Labute approximate surface area is 148 Å². The summed E-state index contributed by atoms with van der Waals surface area (Å²) in [5, 5.41) is 0.745. The number of halogens is 1. The summed E-state index contributed by atoms with van der Waals surface area (Å²) in [6.45, 7) is 3.06. The zero-order valence-corrected chi connectivity index (χ0v) is 15.1. The van der Waals surface area contributed by atoms with E-state index in [9.17, 15) is 9.59 Å². The summed E-state index contributed by atoms with van der Waals surface area (Å²) in [5.74, 6) is -0.392. The first kappa shape index (κ1) is 18.8. The number of hydrogen-bond donors (Lipinski definition) is 0. The van der Waals surface area contributed by atoms with Crippen molar-refractivity contribution in [3.63, 3.8) is 0 Å². The van der Waals surface area contributed by atoms with E-state index in [1.165, 1.54) is 51.5 Å². The SMILES string of the molecule is CC(=O)OCC(COC(C)=O)c1ccc(C2CCCCC2)c(Cl)c1. The molecule has 1 aromatic carbocycles. The molecule has 0 radical (unpaired) electrons. The molecular formula is C19H25ClO4. The van der Waals surface area contributed by atoms with Crippen LogP contribution in [-0.4, -0.2) is 25.2 Å². The average molecular weight is 353 g/mol. The Kier molecular flexibility index (Phi) is 7.10. The van der Waals surface area contributed by atoms with E-state index in [0.29, 0.717) is 5.92 Å². The van der Waals surface area contributed by atoms with Gasteiger partial charge in [-0.25, -0.2) is 0 Å². The van der Waals surface area contributed by atoms with E-state index in [-0.39, 0.29) is 31.1 Å². The van der Waals surface area contributed by atoms with Crippen LogP contribution in [0, 0.1) is 0 Å².